The summed E-state index contributed by atoms with van der Waals surface area (Å²) in [6.45, 7) is 26.4. The average molecular weight is 699 g/mol. The van der Waals surface area contributed by atoms with Gasteiger partial charge in [0, 0.05) is 50.0 Å². The first-order chi connectivity index (χ1) is 23.3. The van der Waals surface area contributed by atoms with E-state index in [-0.39, 0.29) is 52.5 Å². The zero-order chi connectivity index (χ0) is 36.6. The lowest BCUT2D eigenvalue weighted by Gasteiger charge is -2.71. The number of rotatable bonds is 8. The summed E-state index contributed by atoms with van der Waals surface area (Å²) in [6.07, 6.45) is 6.29. The molecule has 50 heavy (non-hydrogen) atoms. The average Bonchev–Trinajstić information content (AvgIpc) is 3.03. The van der Waals surface area contributed by atoms with Gasteiger partial charge in [-0.15, -0.1) is 0 Å². The number of nitrogens with zero attached hydrogens (tertiary/aromatic N) is 2. The van der Waals surface area contributed by atoms with Crippen molar-refractivity contribution < 1.29 is 33.7 Å². The van der Waals surface area contributed by atoms with Crippen LogP contribution in [0.15, 0.2) is 11.6 Å². The van der Waals surface area contributed by atoms with Crippen molar-refractivity contribution in [2.45, 2.75) is 126 Å². The predicted molar refractivity (Wildman–Crippen MR) is 192 cm³/mol. The molecule has 2 heterocycles. The third-order valence-electron chi connectivity index (χ3n) is 16.1. The molecular weight excluding hydrogens is 632 g/mol. The van der Waals surface area contributed by atoms with E-state index in [0.717, 1.165) is 51.9 Å². The van der Waals surface area contributed by atoms with Crippen LogP contribution in [0.5, 0.6) is 0 Å². The number of esters is 2. The van der Waals surface area contributed by atoms with Gasteiger partial charge in [0.25, 0.3) is 0 Å². The molecule has 11 atom stereocenters. The molecule has 1 N–H and O–H groups in total. The van der Waals surface area contributed by atoms with Gasteiger partial charge < -0.3 is 19.3 Å². The number of piperazine rings is 1. The van der Waals surface area contributed by atoms with Crippen LogP contribution in [0, 0.1) is 56.7 Å². The Morgan fingerprint density at radius 2 is 1.62 bits per heavy atom. The van der Waals surface area contributed by atoms with Crippen molar-refractivity contribution in [3.05, 3.63) is 11.6 Å². The van der Waals surface area contributed by atoms with Gasteiger partial charge in [-0.05, 0) is 92.3 Å². The second kappa shape index (κ2) is 13.2. The summed E-state index contributed by atoms with van der Waals surface area (Å²) in [6, 6.07) is 0.485. The molecule has 9 heteroatoms. The van der Waals surface area contributed by atoms with Crippen LogP contribution >= 0.6 is 0 Å². The SMILES string of the molecule is CC(=O)O[C@@H]1C[C@@]23COC[C@](C)([C@@H]2CC[C@H]2C3=CC[C@@]3(C)[C@H](C(=O)O)[C@@](C)([C@H](C)C(C)C)CC[C@]23C)[C@H]1OC(=O)CN1CCN(C(C)C)CC1. The van der Waals surface area contributed by atoms with E-state index in [1.807, 2.05) is 0 Å². The van der Waals surface area contributed by atoms with E-state index in [4.69, 9.17) is 14.2 Å². The third-order valence-corrected chi connectivity index (χ3v) is 16.1. The third kappa shape index (κ3) is 5.69. The largest absolute Gasteiger partial charge is 0.481 e. The summed E-state index contributed by atoms with van der Waals surface area (Å²) in [7, 11) is 0. The molecule has 0 spiro atoms. The molecule has 0 aromatic carbocycles. The van der Waals surface area contributed by atoms with E-state index in [1.165, 1.54) is 12.5 Å². The number of aliphatic carboxylic acids is 1. The zero-order valence-corrected chi connectivity index (χ0v) is 32.7. The van der Waals surface area contributed by atoms with Crippen LogP contribution in [0.2, 0.25) is 0 Å². The topological polar surface area (TPSA) is 106 Å². The summed E-state index contributed by atoms with van der Waals surface area (Å²) < 4.78 is 19.1. The summed E-state index contributed by atoms with van der Waals surface area (Å²) in [5.41, 5.74) is -0.419. The van der Waals surface area contributed by atoms with Gasteiger partial charge in [-0.2, -0.15) is 0 Å². The number of carboxylic acid groups (broad SMARTS) is 1. The predicted octanol–water partition coefficient (Wildman–Crippen LogP) is 6.44. The van der Waals surface area contributed by atoms with E-state index in [0.29, 0.717) is 38.0 Å². The molecule has 0 unspecified atom stereocenters. The minimum absolute atomic E-state index is 0.198. The van der Waals surface area contributed by atoms with E-state index >= 15 is 0 Å². The Bertz CT molecular complexity index is 1370. The van der Waals surface area contributed by atoms with Crippen molar-refractivity contribution in [1.29, 1.82) is 0 Å². The minimum atomic E-state index is -0.662. The Kier molecular flexibility index (Phi) is 9.94. The number of fused-ring (bicyclic) bond motifs is 3. The number of carbonyl (C=O) groups excluding carboxylic acids is 2. The second-order valence-corrected chi connectivity index (χ2v) is 19.0. The van der Waals surface area contributed by atoms with Crippen molar-refractivity contribution in [2.24, 2.45) is 56.7 Å². The highest BCUT2D eigenvalue weighted by molar-refractivity contribution is 5.73. The van der Waals surface area contributed by atoms with Crippen LogP contribution in [0.1, 0.15) is 108 Å². The normalized spacial score (nSPS) is 44.0. The van der Waals surface area contributed by atoms with Crippen molar-refractivity contribution in [3.63, 3.8) is 0 Å². The maximum Gasteiger partial charge on any atom is 0.320 e. The first-order valence-corrected chi connectivity index (χ1v) is 19.7. The number of hydrogen-bond acceptors (Lipinski definition) is 8. The van der Waals surface area contributed by atoms with Crippen LogP contribution in [-0.2, 0) is 28.6 Å². The summed E-state index contributed by atoms with van der Waals surface area (Å²) >= 11 is 0. The Labute approximate surface area is 301 Å². The van der Waals surface area contributed by atoms with Crippen molar-refractivity contribution in [3.8, 4) is 0 Å². The molecular formula is C41H66N2O7. The molecule has 0 aromatic rings. The quantitative estimate of drug-likeness (QED) is 0.226. The van der Waals surface area contributed by atoms with E-state index in [9.17, 15) is 19.5 Å². The van der Waals surface area contributed by atoms with Crippen LogP contribution in [0.3, 0.4) is 0 Å². The summed E-state index contributed by atoms with van der Waals surface area (Å²) in [4.78, 5) is 44.3. The summed E-state index contributed by atoms with van der Waals surface area (Å²) in [5, 5.41) is 11.0. The van der Waals surface area contributed by atoms with Crippen LogP contribution in [0.25, 0.3) is 0 Å². The van der Waals surface area contributed by atoms with E-state index < -0.39 is 34.9 Å². The van der Waals surface area contributed by atoms with Gasteiger partial charge in [-0.3, -0.25) is 24.2 Å². The van der Waals surface area contributed by atoms with Crippen molar-refractivity contribution in [1.82, 2.24) is 9.80 Å². The fraction of sp³-hybridized carbons (Fsp3) is 0.878. The molecule has 6 aliphatic rings. The Morgan fingerprint density at radius 1 is 0.940 bits per heavy atom. The number of hydrogen-bond donors (Lipinski definition) is 1. The first kappa shape index (κ1) is 37.8. The monoisotopic (exact) mass is 698 g/mol. The molecule has 6 rings (SSSR count). The Hall–Kier alpha value is -1.97. The van der Waals surface area contributed by atoms with E-state index in [1.54, 1.807) is 0 Å². The second-order valence-electron chi connectivity index (χ2n) is 19.0. The molecule has 2 aliphatic heterocycles. The molecule has 282 valence electrons. The van der Waals surface area contributed by atoms with E-state index in [2.05, 4.69) is 78.2 Å². The highest BCUT2D eigenvalue weighted by Gasteiger charge is 2.72. The van der Waals surface area contributed by atoms with Crippen LogP contribution in [0.4, 0.5) is 0 Å². The highest BCUT2D eigenvalue weighted by atomic mass is 16.6. The molecule has 9 nitrogen and oxygen atoms in total. The van der Waals surface area contributed by atoms with Gasteiger partial charge in [-0.25, -0.2) is 0 Å². The maximum absolute atomic E-state index is 13.7. The molecule has 0 amide bonds. The summed E-state index contributed by atoms with van der Waals surface area (Å²) in [5.74, 6) is -0.655. The number of carbonyl (C=O) groups is 3. The van der Waals surface area contributed by atoms with Gasteiger partial charge in [0.05, 0.1) is 25.7 Å². The first-order valence-electron chi connectivity index (χ1n) is 19.7. The van der Waals surface area contributed by atoms with Crippen molar-refractivity contribution >= 4 is 17.9 Å². The minimum Gasteiger partial charge on any atom is -0.481 e. The fourth-order valence-electron chi connectivity index (χ4n) is 12.9. The Morgan fingerprint density at radius 3 is 2.22 bits per heavy atom. The van der Waals surface area contributed by atoms with Gasteiger partial charge in [-0.1, -0.05) is 60.1 Å². The van der Waals surface area contributed by atoms with Crippen molar-refractivity contribution in [2.75, 3.05) is 45.9 Å². The molecule has 0 aromatic heterocycles. The standard InChI is InChI=1S/C41H66N2O7/c1-25(2)27(5)37(7)15-16-39(9)29-11-12-32-38(8)23-48-24-41(32,30(29)13-14-40(39,10)34(37)36(46)47)21-31(49-28(6)44)35(38)50-33(45)22-42-17-19-43(20-18-42)26(3)4/h13,25-27,29,31-32,34-35H,11-12,14-24H2,1-10H3,(H,46,47)/t27-,29+,31-,32+,34-,35+,37-,38-,39-,40+,41+/m1/s1. The molecule has 5 fully saturated rings. The van der Waals surface area contributed by atoms with Gasteiger partial charge in [0.2, 0.25) is 0 Å². The maximum atomic E-state index is 13.7. The lowest BCUT2D eigenvalue weighted by atomic mass is 9.34. The molecule has 4 aliphatic carbocycles. The fourth-order valence-corrected chi connectivity index (χ4v) is 12.9. The van der Waals surface area contributed by atoms with Gasteiger partial charge in [0.15, 0.2) is 0 Å². The highest BCUT2D eigenvalue weighted by Crippen LogP contribution is 2.75. The molecule has 2 saturated heterocycles. The molecule has 3 saturated carbocycles. The van der Waals surface area contributed by atoms with Crippen LogP contribution in [-0.4, -0.2) is 97.0 Å². The lowest BCUT2D eigenvalue weighted by molar-refractivity contribution is -0.263. The smallest absolute Gasteiger partial charge is 0.320 e. The van der Waals surface area contributed by atoms with Gasteiger partial charge >= 0.3 is 17.9 Å². The number of carboxylic acids is 1. The number of allylic oxidation sites excluding steroid dienone is 1. The van der Waals surface area contributed by atoms with Crippen LogP contribution < -0.4 is 0 Å². The molecule has 0 radical (unpaired) electrons. The molecule has 2 bridgehead atoms. The zero-order valence-electron chi connectivity index (χ0n) is 32.7. The number of ether oxygens (including phenoxy) is 3. The van der Waals surface area contributed by atoms with Gasteiger partial charge in [0.1, 0.15) is 12.2 Å². The Balaban J connectivity index is 1.32. The lowest BCUT2D eigenvalue weighted by Crippen LogP contribution is -2.70.